The van der Waals surface area contributed by atoms with Crippen LogP contribution in [0.1, 0.15) is 5.56 Å². The zero-order valence-corrected chi connectivity index (χ0v) is 12.7. The molecule has 0 bridgehead atoms. The Morgan fingerprint density at radius 2 is 1.91 bits per heavy atom. The van der Waals surface area contributed by atoms with Crippen molar-refractivity contribution < 1.29 is 0 Å². The molecule has 4 rings (SSSR count). The normalized spacial score (nSPS) is 11.1. The molecule has 0 radical (unpaired) electrons. The molecule has 0 amide bonds. The summed E-state index contributed by atoms with van der Waals surface area (Å²) in [5, 5.41) is 5.37. The summed E-state index contributed by atoms with van der Waals surface area (Å²) in [5.41, 5.74) is 12.4. The van der Waals surface area contributed by atoms with Crippen LogP contribution in [0.3, 0.4) is 0 Å². The fraction of sp³-hybridized carbons (Fsp3) is 0.0556. The number of H-pyrrole nitrogens is 1. The number of benzene rings is 1. The lowest BCUT2D eigenvalue weighted by molar-refractivity contribution is 1.07. The maximum absolute atomic E-state index is 5.67. The number of aromatic nitrogens is 2. The molecule has 0 saturated heterocycles. The van der Waals surface area contributed by atoms with Crippen molar-refractivity contribution in [1.82, 2.24) is 9.97 Å². The Balaban J connectivity index is 1.85. The van der Waals surface area contributed by atoms with Gasteiger partial charge in [-0.15, -0.1) is 0 Å². The van der Waals surface area contributed by atoms with Crippen molar-refractivity contribution in [3.8, 4) is 22.3 Å². The molecule has 4 aromatic rings. The minimum Gasteiger partial charge on any atom is -0.346 e. The van der Waals surface area contributed by atoms with Crippen molar-refractivity contribution in [2.45, 2.75) is 6.54 Å². The predicted octanol–water partition coefficient (Wildman–Crippen LogP) is 4.42. The Bertz CT molecular complexity index is 905. The summed E-state index contributed by atoms with van der Waals surface area (Å²) in [7, 11) is 0. The Kier molecular flexibility index (Phi) is 3.25. The minimum absolute atomic E-state index is 0.567. The van der Waals surface area contributed by atoms with Crippen LogP contribution in [-0.4, -0.2) is 9.97 Å². The van der Waals surface area contributed by atoms with Crippen molar-refractivity contribution >= 4 is 22.4 Å². The van der Waals surface area contributed by atoms with Gasteiger partial charge in [0.2, 0.25) is 0 Å². The van der Waals surface area contributed by atoms with Gasteiger partial charge < -0.3 is 10.7 Å². The van der Waals surface area contributed by atoms with E-state index in [2.05, 4.69) is 57.1 Å². The van der Waals surface area contributed by atoms with Crippen molar-refractivity contribution in [2.24, 2.45) is 5.73 Å². The first kappa shape index (κ1) is 13.2. The first-order valence-electron chi connectivity index (χ1n) is 7.14. The SMILES string of the molecule is NCc1ccc(-c2c[nH]c3ncc(-c4ccsc4)cc23)cc1. The van der Waals surface area contributed by atoms with E-state index in [0.29, 0.717) is 6.54 Å². The molecule has 3 N–H and O–H groups in total. The lowest BCUT2D eigenvalue weighted by Crippen LogP contribution is -1.95. The van der Waals surface area contributed by atoms with Crippen LogP contribution >= 0.6 is 11.3 Å². The van der Waals surface area contributed by atoms with Gasteiger partial charge in [0.25, 0.3) is 0 Å². The van der Waals surface area contributed by atoms with Gasteiger partial charge >= 0.3 is 0 Å². The van der Waals surface area contributed by atoms with E-state index in [1.54, 1.807) is 11.3 Å². The Labute approximate surface area is 132 Å². The van der Waals surface area contributed by atoms with E-state index in [0.717, 1.165) is 22.2 Å². The van der Waals surface area contributed by atoms with E-state index >= 15 is 0 Å². The molecule has 3 heterocycles. The summed E-state index contributed by atoms with van der Waals surface area (Å²) in [6.07, 6.45) is 3.94. The van der Waals surface area contributed by atoms with Gasteiger partial charge in [0.15, 0.2) is 0 Å². The van der Waals surface area contributed by atoms with E-state index in [4.69, 9.17) is 5.73 Å². The zero-order valence-electron chi connectivity index (χ0n) is 11.9. The topological polar surface area (TPSA) is 54.7 Å². The molecule has 0 aliphatic heterocycles. The molecule has 0 fully saturated rings. The smallest absolute Gasteiger partial charge is 0.137 e. The highest BCUT2D eigenvalue weighted by Gasteiger charge is 2.09. The number of nitrogens with two attached hydrogens (primary N) is 1. The molecule has 4 heteroatoms. The Hall–Kier alpha value is -2.43. The highest BCUT2D eigenvalue weighted by molar-refractivity contribution is 7.08. The van der Waals surface area contributed by atoms with Gasteiger partial charge in [0.05, 0.1) is 0 Å². The van der Waals surface area contributed by atoms with Crippen LogP contribution in [0.2, 0.25) is 0 Å². The molecule has 108 valence electrons. The predicted molar refractivity (Wildman–Crippen MR) is 92.7 cm³/mol. The summed E-state index contributed by atoms with van der Waals surface area (Å²) in [4.78, 5) is 7.80. The quantitative estimate of drug-likeness (QED) is 0.589. The molecule has 0 saturated carbocycles. The number of pyridine rings is 1. The fourth-order valence-corrected chi connectivity index (χ4v) is 3.31. The van der Waals surface area contributed by atoms with Crippen molar-refractivity contribution in [1.29, 1.82) is 0 Å². The monoisotopic (exact) mass is 305 g/mol. The highest BCUT2D eigenvalue weighted by Crippen LogP contribution is 2.31. The van der Waals surface area contributed by atoms with Gasteiger partial charge in [-0.25, -0.2) is 4.98 Å². The Morgan fingerprint density at radius 3 is 2.64 bits per heavy atom. The van der Waals surface area contributed by atoms with Gasteiger partial charge in [-0.3, -0.25) is 0 Å². The van der Waals surface area contributed by atoms with Crippen molar-refractivity contribution in [3.05, 3.63) is 65.1 Å². The molecule has 1 aromatic carbocycles. The van der Waals surface area contributed by atoms with E-state index in [1.165, 1.54) is 16.7 Å². The average molecular weight is 305 g/mol. The van der Waals surface area contributed by atoms with E-state index in [1.807, 2.05) is 12.4 Å². The van der Waals surface area contributed by atoms with Crippen molar-refractivity contribution in [2.75, 3.05) is 0 Å². The maximum Gasteiger partial charge on any atom is 0.137 e. The second-order valence-corrected chi connectivity index (χ2v) is 6.02. The van der Waals surface area contributed by atoms with Crippen molar-refractivity contribution in [3.63, 3.8) is 0 Å². The van der Waals surface area contributed by atoms with Crippen LogP contribution in [0.4, 0.5) is 0 Å². The number of aromatic amines is 1. The molecule has 0 spiro atoms. The molecular weight excluding hydrogens is 290 g/mol. The minimum atomic E-state index is 0.567. The Morgan fingerprint density at radius 1 is 1.05 bits per heavy atom. The summed E-state index contributed by atoms with van der Waals surface area (Å²) in [6, 6.07) is 12.7. The van der Waals surface area contributed by atoms with Crippen LogP contribution in [0, 0.1) is 0 Å². The van der Waals surface area contributed by atoms with Gasteiger partial charge in [-0.1, -0.05) is 24.3 Å². The average Bonchev–Trinajstić information content (AvgIpc) is 3.24. The van der Waals surface area contributed by atoms with Gasteiger partial charge in [0, 0.05) is 35.5 Å². The molecular formula is C18H15N3S. The fourth-order valence-electron chi connectivity index (χ4n) is 2.65. The number of nitrogens with zero attached hydrogens (tertiary/aromatic N) is 1. The second-order valence-electron chi connectivity index (χ2n) is 5.24. The molecule has 3 nitrogen and oxygen atoms in total. The van der Waals surface area contributed by atoms with Crippen LogP contribution in [0.5, 0.6) is 0 Å². The molecule has 0 aliphatic carbocycles. The number of rotatable bonds is 3. The standard InChI is InChI=1S/C18H15N3S/c19-8-12-1-3-13(4-2-12)17-10-21-18-16(17)7-15(9-20-18)14-5-6-22-11-14/h1-7,9-11H,8,19H2,(H,20,21). The number of hydrogen-bond acceptors (Lipinski definition) is 3. The summed E-state index contributed by atoms with van der Waals surface area (Å²) in [6.45, 7) is 0.567. The lowest BCUT2D eigenvalue weighted by atomic mass is 10.0. The second kappa shape index (κ2) is 5.40. The summed E-state index contributed by atoms with van der Waals surface area (Å²) < 4.78 is 0. The third kappa shape index (κ3) is 2.22. The molecule has 0 unspecified atom stereocenters. The largest absolute Gasteiger partial charge is 0.346 e. The first-order valence-corrected chi connectivity index (χ1v) is 8.08. The molecule has 22 heavy (non-hydrogen) atoms. The lowest BCUT2D eigenvalue weighted by Gasteiger charge is -2.03. The number of hydrogen-bond donors (Lipinski definition) is 2. The van der Waals surface area contributed by atoms with Crippen LogP contribution in [0.15, 0.2) is 59.6 Å². The van der Waals surface area contributed by atoms with E-state index < -0.39 is 0 Å². The van der Waals surface area contributed by atoms with E-state index in [-0.39, 0.29) is 0 Å². The number of nitrogens with one attached hydrogen (secondary N) is 1. The first-order chi connectivity index (χ1) is 10.8. The van der Waals surface area contributed by atoms with E-state index in [9.17, 15) is 0 Å². The van der Waals surface area contributed by atoms with Gasteiger partial charge in [-0.2, -0.15) is 11.3 Å². The maximum atomic E-state index is 5.67. The molecule has 0 atom stereocenters. The molecule has 0 aliphatic rings. The van der Waals surface area contributed by atoms with Crippen LogP contribution < -0.4 is 5.73 Å². The zero-order chi connectivity index (χ0) is 14.9. The van der Waals surface area contributed by atoms with Gasteiger partial charge in [0.1, 0.15) is 5.65 Å². The number of thiophene rings is 1. The van der Waals surface area contributed by atoms with Gasteiger partial charge in [-0.05, 0) is 39.6 Å². The molecule has 3 aromatic heterocycles. The van der Waals surface area contributed by atoms with Crippen LogP contribution in [-0.2, 0) is 6.54 Å². The third-order valence-electron chi connectivity index (χ3n) is 3.89. The highest BCUT2D eigenvalue weighted by atomic mass is 32.1. The summed E-state index contributed by atoms with van der Waals surface area (Å²) in [5.74, 6) is 0. The third-order valence-corrected chi connectivity index (χ3v) is 4.57. The van der Waals surface area contributed by atoms with Crippen LogP contribution in [0.25, 0.3) is 33.3 Å². The summed E-state index contributed by atoms with van der Waals surface area (Å²) >= 11 is 1.70. The number of fused-ring (bicyclic) bond motifs is 1.